The Labute approximate surface area is 120 Å². The summed E-state index contributed by atoms with van der Waals surface area (Å²) in [5.41, 5.74) is 2.61. The van der Waals surface area contributed by atoms with E-state index in [2.05, 4.69) is 9.97 Å². The van der Waals surface area contributed by atoms with Crippen LogP contribution < -0.4 is 4.74 Å². The molecule has 0 amide bonds. The number of hydrogen-bond donors (Lipinski definition) is 1. The lowest BCUT2D eigenvalue weighted by molar-refractivity contribution is 0.307. The van der Waals surface area contributed by atoms with Gasteiger partial charge in [-0.25, -0.2) is 4.98 Å². The van der Waals surface area contributed by atoms with Gasteiger partial charge in [0.05, 0.1) is 16.1 Å². The Kier molecular flexibility index (Phi) is 3.32. The van der Waals surface area contributed by atoms with Crippen molar-refractivity contribution < 1.29 is 4.74 Å². The summed E-state index contributed by atoms with van der Waals surface area (Å²) in [7, 11) is 0. The van der Waals surface area contributed by atoms with Crippen molar-refractivity contribution in [2.75, 3.05) is 0 Å². The largest absolute Gasteiger partial charge is 0.487 e. The van der Waals surface area contributed by atoms with Crippen molar-refractivity contribution >= 4 is 34.2 Å². The van der Waals surface area contributed by atoms with Gasteiger partial charge in [0.15, 0.2) is 0 Å². The summed E-state index contributed by atoms with van der Waals surface area (Å²) in [5, 5.41) is 0.870. The number of ether oxygens (including phenoxy) is 1. The zero-order valence-corrected chi connectivity index (χ0v) is 11.4. The van der Waals surface area contributed by atoms with Gasteiger partial charge in [0.2, 0.25) is 5.28 Å². The summed E-state index contributed by atoms with van der Waals surface area (Å²) in [4.78, 5) is 7.06. The molecule has 0 atom stereocenters. The average molecular weight is 293 g/mol. The Bertz CT molecular complexity index is 710. The number of benzene rings is 2. The number of imidazole rings is 1. The van der Waals surface area contributed by atoms with Gasteiger partial charge in [0.1, 0.15) is 12.4 Å². The van der Waals surface area contributed by atoms with Gasteiger partial charge in [0, 0.05) is 6.07 Å². The fourth-order valence-corrected chi connectivity index (χ4v) is 2.24. The molecular formula is C14H10Cl2N2O. The van der Waals surface area contributed by atoms with Crippen LogP contribution in [0.15, 0.2) is 42.5 Å². The van der Waals surface area contributed by atoms with E-state index in [-0.39, 0.29) is 0 Å². The molecule has 96 valence electrons. The fraction of sp³-hybridized carbons (Fsp3) is 0.0714. The molecule has 0 saturated heterocycles. The molecule has 0 saturated carbocycles. The molecule has 0 spiro atoms. The van der Waals surface area contributed by atoms with Gasteiger partial charge in [0.25, 0.3) is 0 Å². The van der Waals surface area contributed by atoms with E-state index in [0.29, 0.717) is 22.7 Å². The molecule has 5 heteroatoms. The standard InChI is InChI=1S/C14H10Cl2N2O/c15-10-6-11-12(18-14(16)17-11)7-13(10)19-8-9-4-2-1-3-5-9/h1-7H,8H2,(H,17,18). The number of nitrogens with one attached hydrogen (secondary N) is 1. The minimum atomic E-state index is 0.339. The Hall–Kier alpha value is -1.71. The molecule has 0 aliphatic heterocycles. The molecule has 1 heterocycles. The number of aromatic nitrogens is 2. The highest BCUT2D eigenvalue weighted by Crippen LogP contribution is 2.30. The van der Waals surface area contributed by atoms with Crippen LogP contribution in [0.4, 0.5) is 0 Å². The zero-order chi connectivity index (χ0) is 13.2. The quantitative estimate of drug-likeness (QED) is 0.774. The molecular weight excluding hydrogens is 283 g/mol. The Balaban J connectivity index is 1.86. The SMILES string of the molecule is Clc1nc2cc(OCc3ccccc3)c(Cl)cc2[nH]1. The van der Waals surface area contributed by atoms with Gasteiger partial charge >= 0.3 is 0 Å². The lowest BCUT2D eigenvalue weighted by Gasteiger charge is -2.08. The van der Waals surface area contributed by atoms with Gasteiger partial charge < -0.3 is 9.72 Å². The molecule has 0 aliphatic carbocycles. The number of nitrogens with zero attached hydrogens (tertiary/aromatic N) is 1. The number of hydrogen-bond acceptors (Lipinski definition) is 2. The second kappa shape index (κ2) is 5.11. The minimum Gasteiger partial charge on any atom is -0.487 e. The van der Waals surface area contributed by atoms with Crippen LogP contribution in [0, 0.1) is 0 Å². The average Bonchev–Trinajstić information content (AvgIpc) is 2.76. The zero-order valence-electron chi connectivity index (χ0n) is 9.86. The van der Waals surface area contributed by atoms with Crippen molar-refractivity contribution in [3.63, 3.8) is 0 Å². The monoisotopic (exact) mass is 292 g/mol. The van der Waals surface area contributed by atoms with Crippen LogP contribution in [-0.4, -0.2) is 9.97 Å². The Morgan fingerprint density at radius 1 is 1.11 bits per heavy atom. The van der Waals surface area contributed by atoms with E-state index in [1.54, 1.807) is 12.1 Å². The third-order valence-electron chi connectivity index (χ3n) is 2.74. The van der Waals surface area contributed by atoms with E-state index < -0.39 is 0 Å². The first-order valence-electron chi connectivity index (χ1n) is 5.74. The Morgan fingerprint density at radius 2 is 1.89 bits per heavy atom. The van der Waals surface area contributed by atoms with E-state index >= 15 is 0 Å². The van der Waals surface area contributed by atoms with E-state index in [1.165, 1.54) is 0 Å². The van der Waals surface area contributed by atoms with Gasteiger partial charge in [-0.15, -0.1) is 0 Å². The molecule has 3 rings (SSSR count). The number of H-pyrrole nitrogens is 1. The van der Waals surface area contributed by atoms with Crippen molar-refractivity contribution in [3.05, 3.63) is 58.3 Å². The summed E-state index contributed by atoms with van der Waals surface area (Å²) in [6.45, 7) is 0.463. The van der Waals surface area contributed by atoms with E-state index in [1.807, 2.05) is 30.3 Å². The lowest BCUT2D eigenvalue weighted by Crippen LogP contribution is -1.95. The topological polar surface area (TPSA) is 37.9 Å². The van der Waals surface area contributed by atoms with Crippen LogP contribution in [0.1, 0.15) is 5.56 Å². The predicted octanol–water partition coefficient (Wildman–Crippen LogP) is 4.45. The number of halogens is 2. The third kappa shape index (κ3) is 2.67. The summed E-state index contributed by atoms with van der Waals surface area (Å²) in [5.74, 6) is 0.598. The van der Waals surface area contributed by atoms with Gasteiger partial charge in [-0.2, -0.15) is 0 Å². The highest BCUT2D eigenvalue weighted by Gasteiger charge is 2.08. The molecule has 0 unspecified atom stereocenters. The maximum Gasteiger partial charge on any atom is 0.201 e. The van der Waals surface area contributed by atoms with E-state index in [4.69, 9.17) is 27.9 Å². The van der Waals surface area contributed by atoms with E-state index in [0.717, 1.165) is 16.6 Å². The normalized spacial score (nSPS) is 10.8. The molecule has 1 N–H and O–H groups in total. The number of rotatable bonds is 3. The highest BCUT2D eigenvalue weighted by molar-refractivity contribution is 6.33. The van der Waals surface area contributed by atoms with Crippen LogP contribution in [0.3, 0.4) is 0 Å². The third-order valence-corrected chi connectivity index (χ3v) is 3.22. The van der Waals surface area contributed by atoms with Gasteiger partial charge in [-0.05, 0) is 23.2 Å². The number of aromatic amines is 1. The fourth-order valence-electron chi connectivity index (χ4n) is 1.83. The van der Waals surface area contributed by atoms with Crippen LogP contribution in [0.2, 0.25) is 10.3 Å². The van der Waals surface area contributed by atoms with E-state index in [9.17, 15) is 0 Å². The summed E-state index contributed by atoms with van der Waals surface area (Å²) >= 11 is 12.0. The van der Waals surface area contributed by atoms with Crippen molar-refractivity contribution in [2.24, 2.45) is 0 Å². The van der Waals surface area contributed by atoms with Crippen LogP contribution in [0.5, 0.6) is 5.75 Å². The summed E-state index contributed by atoms with van der Waals surface area (Å²) < 4.78 is 5.71. The molecule has 0 fully saturated rings. The molecule has 3 nitrogen and oxygen atoms in total. The van der Waals surface area contributed by atoms with Crippen molar-refractivity contribution in [2.45, 2.75) is 6.61 Å². The van der Waals surface area contributed by atoms with Crippen LogP contribution in [-0.2, 0) is 6.61 Å². The first kappa shape index (κ1) is 12.3. The first-order chi connectivity index (χ1) is 9.22. The molecule has 0 bridgehead atoms. The molecule has 2 aromatic carbocycles. The second-order valence-corrected chi connectivity index (χ2v) is 4.87. The van der Waals surface area contributed by atoms with Gasteiger partial charge in [-0.3, -0.25) is 0 Å². The lowest BCUT2D eigenvalue weighted by atomic mass is 10.2. The van der Waals surface area contributed by atoms with Crippen molar-refractivity contribution in [1.82, 2.24) is 9.97 Å². The number of fused-ring (bicyclic) bond motifs is 1. The highest BCUT2D eigenvalue weighted by atomic mass is 35.5. The molecule has 19 heavy (non-hydrogen) atoms. The second-order valence-electron chi connectivity index (χ2n) is 4.10. The van der Waals surface area contributed by atoms with Crippen LogP contribution in [0.25, 0.3) is 11.0 Å². The van der Waals surface area contributed by atoms with Gasteiger partial charge in [-0.1, -0.05) is 41.9 Å². The summed E-state index contributed by atoms with van der Waals surface area (Å²) in [6, 6.07) is 13.4. The molecule has 3 aromatic rings. The maximum atomic E-state index is 6.16. The van der Waals surface area contributed by atoms with Crippen molar-refractivity contribution in [1.29, 1.82) is 0 Å². The minimum absolute atomic E-state index is 0.339. The predicted molar refractivity (Wildman–Crippen MR) is 76.9 cm³/mol. The first-order valence-corrected chi connectivity index (χ1v) is 6.49. The maximum absolute atomic E-state index is 6.16. The Morgan fingerprint density at radius 3 is 2.68 bits per heavy atom. The smallest absolute Gasteiger partial charge is 0.201 e. The molecule has 0 aliphatic rings. The van der Waals surface area contributed by atoms with Crippen molar-refractivity contribution in [3.8, 4) is 5.75 Å². The summed E-state index contributed by atoms with van der Waals surface area (Å²) in [6.07, 6.45) is 0. The molecule has 1 aromatic heterocycles. The van der Waals surface area contributed by atoms with Crippen LogP contribution >= 0.6 is 23.2 Å². The molecule has 0 radical (unpaired) electrons.